The third-order valence-electron chi connectivity index (χ3n) is 3.56. The SMILES string of the molecule is CCC(C)C1CCC(C)(O)CC1. The summed E-state index contributed by atoms with van der Waals surface area (Å²) in [4.78, 5) is 0. The molecule has 1 unspecified atom stereocenters. The number of rotatable bonds is 2. The van der Waals surface area contributed by atoms with E-state index in [0.717, 1.165) is 24.7 Å². The maximum Gasteiger partial charge on any atom is 0.0620 e. The summed E-state index contributed by atoms with van der Waals surface area (Å²) in [6, 6.07) is 0. The Morgan fingerprint density at radius 3 is 2.33 bits per heavy atom. The van der Waals surface area contributed by atoms with Gasteiger partial charge in [0.05, 0.1) is 5.60 Å². The van der Waals surface area contributed by atoms with Crippen LogP contribution in [-0.4, -0.2) is 10.7 Å². The van der Waals surface area contributed by atoms with Crippen molar-refractivity contribution in [3.05, 3.63) is 0 Å². The normalized spacial score (nSPS) is 39.5. The summed E-state index contributed by atoms with van der Waals surface area (Å²) >= 11 is 0. The molecule has 1 aliphatic carbocycles. The Labute approximate surface area is 76.2 Å². The minimum absolute atomic E-state index is 0.357. The molecule has 0 amide bonds. The smallest absolute Gasteiger partial charge is 0.0620 e. The van der Waals surface area contributed by atoms with Crippen LogP contribution in [0.5, 0.6) is 0 Å². The quantitative estimate of drug-likeness (QED) is 0.675. The number of aliphatic hydroxyl groups is 1. The van der Waals surface area contributed by atoms with E-state index in [2.05, 4.69) is 13.8 Å². The zero-order chi connectivity index (χ0) is 9.19. The van der Waals surface area contributed by atoms with Crippen LogP contribution in [0.2, 0.25) is 0 Å². The Morgan fingerprint density at radius 1 is 1.42 bits per heavy atom. The maximum atomic E-state index is 9.75. The first-order valence-corrected chi connectivity index (χ1v) is 5.27. The molecule has 0 bridgehead atoms. The van der Waals surface area contributed by atoms with E-state index in [1.807, 2.05) is 6.92 Å². The van der Waals surface area contributed by atoms with Gasteiger partial charge in [0.15, 0.2) is 0 Å². The van der Waals surface area contributed by atoms with E-state index in [4.69, 9.17) is 0 Å². The second-order valence-corrected chi connectivity index (χ2v) is 4.72. The van der Waals surface area contributed by atoms with Crippen molar-refractivity contribution in [2.45, 2.75) is 58.5 Å². The van der Waals surface area contributed by atoms with Gasteiger partial charge in [-0.15, -0.1) is 0 Å². The molecule has 0 spiro atoms. The fraction of sp³-hybridized carbons (Fsp3) is 1.00. The van der Waals surface area contributed by atoms with Crippen molar-refractivity contribution in [3.8, 4) is 0 Å². The molecule has 0 aromatic rings. The van der Waals surface area contributed by atoms with Gasteiger partial charge in [-0.2, -0.15) is 0 Å². The fourth-order valence-corrected chi connectivity index (χ4v) is 2.16. The van der Waals surface area contributed by atoms with Crippen molar-refractivity contribution >= 4 is 0 Å². The predicted molar refractivity (Wildman–Crippen MR) is 52.0 cm³/mol. The molecule has 1 nitrogen and oxygen atoms in total. The lowest BCUT2D eigenvalue weighted by atomic mass is 9.74. The summed E-state index contributed by atoms with van der Waals surface area (Å²) < 4.78 is 0. The highest BCUT2D eigenvalue weighted by Crippen LogP contribution is 2.36. The largest absolute Gasteiger partial charge is 0.390 e. The van der Waals surface area contributed by atoms with Crippen molar-refractivity contribution in [1.82, 2.24) is 0 Å². The third-order valence-corrected chi connectivity index (χ3v) is 3.56. The monoisotopic (exact) mass is 170 g/mol. The van der Waals surface area contributed by atoms with Crippen molar-refractivity contribution < 1.29 is 5.11 Å². The maximum absolute atomic E-state index is 9.75. The summed E-state index contributed by atoms with van der Waals surface area (Å²) in [5.74, 6) is 1.72. The molecule has 1 heteroatoms. The lowest BCUT2D eigenvalue weighted by Gasteiger charge is -2.35. The van der Waals surface area contributed by atoms with Crippen molar-refractivity contribution in [2.24, 2.45) is 11.8 Å². The molecule has 0 aromatic heterocycles. The van der Waals surface area contributed by atoms with Crippen LogP contribution in [0, 0.1) is 11.8 Å². The predicted octanol–water partition coefficient (Wildman–Crippen LogP) is 2.97. The molecule has 0 heterocycles. The first-order valence-electron chi connectivity index (χ1n) is 5.27. The van der Waals surface area contributed by atoms with E-state index in [1.165, 1.54) is 19.3 Å². The van der Waals surface area contributed by atoms with Crippen LogP contribution < -0.4 is 0 Å². The van der Waals surface area contributed by atoms with Crippen molar-refractivity contribution in [2.75, 3.05) is 0 Å². The second kappa shape index (κ2) is 3.78. The number of hydrogen-bond acceptors (Lipinski definition) is 1. The van der Waals surface area contributed by atoms with Gasteiger partial charge in [-0.3, -0.25) is 0 Å². The molecular formula is C11H22O. The molecule has 1 N–H and O–H groups in total. The van der Waals surface area contributed by atoms with Crippen LogP contribution in [0.25, 0.3) is 0 Å². The molecule has 0 saturated heterocycles. The standard InChI is InChI=1S/C11H22O/c1-4-9(2)10-5-7-11(3,12)8-6-10/h9-10,12H,4-8H2,1-3H3. The molecule has 72 valence electrons. The van der Waals surface area contributed by atoms with Crippen molar-refractivity contribution in [1.29, 1.82) is 0 Å². The van der Waals surface area contributed by atoms with Crippen LogP contribution in [0.15, 0.2) is 0 Å². The third kappa shape index (κ3) is 2.48. The van der Waals surface area contributed by atoms with Gasteiger partial charge in [-0.25, -0.2) is 0 Å². The lowest BCUT2D eigenvalue weighted by molar-refractivity contribution is 0.0000883. The summed E-state index contributed by atoms with van der Waals surface area (Å²) in [5, 5.41) is 9.75. The van der Waals surface area contributed by atoms with Crippen molar-refractivity contribution in [3.63, 3.8) is 0 Å². The molecule has 1 saturated carbocycles. The number of hydrogen-bond donors (Lipinski definition) is 1. The van der Waals surface area contributed by atoms with Gasteiger partial charge >= 0.3 is 0 Å². The minimum Gasteiger partial charge on any atom is -0.390 e. The molecule has 1 aliphatic rings. The van der Waals surface area contributed by atoms with Gasteiger partial charge < -0.3 is 5.11 Å². The van der Waals surface area contributed by atoms with E-state index in [-0.39, 0.29) is 5.60 Å². The second-order valence-electron chi connectivity index (χ2n) is 4.72. The minimum atomic E-state index is -0.357. The molecule has 0 radical (unpaired) electrons. The van der Waals surface area contributed by atoms with Gasteiger partial charge in [0.2, 0.25) is 0 Å². The Balaban J connectivity index is 2.36. The highest BCUT2D eigenvalue weighted by molar-refractivity contribution is 4.82. The van der Waals surface area contributed by atoms with Crippen LogP contribution in [0.4, 0.5) is 0 Å². The summed E-state index contributed by atoms with van der Waals surface area (Å²) in [7, 11) is 0. The first-order chi connectivity index (χ1) is 5.55. The Bertz CT molecular complexity index is 130. The first kappa shape index (κ1) is 10.0. The Hall–Kier alpha value is -0.0400. The molecule has 1 rings (SSSR count). The Morgan fingerprint density at radius 2 is 1.92 bits per heavy atom. The molecule has 12 heavy (non-hydrogen) atoms. The van der Waals surface area contributed by atoms with Crippen LogP contribution in [-0.2, 0) is 0 Å². The van der Waals surface area contributed by atoms with Gasteiger partial charge in [0, 0.05) is 0 Å². The van der Waals surface area contributed by atoms with Crippen LogP contribution in [0.3, 0.4) is 0 Å². The molecule has 0 aromatic carbocycles. The fourth-order valence-electron chi connectivity index (χ4n) is 2.16. The lowest BCUT2D eigenvalue weighted by Crippen LogP contribution is -2.32. The molecule has 1 atom stereocenters. The average molecular weight is 170 g/mol. The summed E-state index contributed by atoms with van der Waals surface area (Å²) in [6.45, 7) is 6.57. The summed E-state index contributed by atoms with van der Waals surface area (Å²) in [6.07, 6.45) is 5.74. The van der Waals surface area contributed by atoms with Gasteiger partial charge in [-0.05, 0) is 44.4 Å². The summed E-state index contributed by atoms with van der Waals surface area (Å²) in [5.41, 5.74) is -0.357. The molecule has 0 aliphatic heterocycles. The van der Waals surface area contributed by atoms with E-state index < -0.39 is 0 Å². The highest BCUT2D eigenvalue weighted by Gasteiger charge is 2.30. The van der Waals surface area contributed by atoms with Gasteiger partial charge in [-0.1, -0.05) is 20.3 Å². The molecule has 1 fully saturated rings. The highest BCUT2D eigenvalue weighted by atomic mass is 16.3. The van der Waals surface area contributed by atoms with E-state index in [9.17, 15) is 5.11 Å². The zero-order valence-electron chi connectivity index (χ0n) is 8.64. The zero-order valence-corrected chi connectivity index (χ0v) is 8.64. The van der Waals surface area contributed by atoms with Crippen LogP contribution >= 0.6 is 0 Å². The average Bonchev–Trinajstić information content (AvgIpc) is 2.03. The topological polar surface area (TPSA) is 20.2 Å². The van der Waals surface area contributed by atoms with E-state index in [1.54, 1.807) is 0 Å². The van der Waals surface area contributed by atoms with Gasteiger partial charge in [0.1, 0.15) is 0 Å². The molecular weight excluding hydrogens is 148 g/mol. The van der Waals surface area contributed by atoms with Gasteiger partial charge in [0.25, 0.3) is 0 Å². The van der Waals surface area contributed by atoms with E-state index >= 15 is 0 Å². The Kier molecular flexibility index (Phi) is 3.16. The van der Waals surface area contributed by atoms with E-state index in [0.29, 0.717) is 0 Å². The van der Waals surface area contributed by atoms with Crippen LogP contribution in [0.1, 0.15) is 52.9 Å².